The first-order chi connectivity index (χ1) is 9.61. The lowest BCUT2D eigenvalue weighted by molar-refractivity contribution is -0.141. The smallest absolute Gasteiger partial charge is 0.225 e. The quantitative estimate of drug-likeness (QED) is 0.859. The Hall–Kier alpha value is -0.570. The van der Waals surface area contributed by atoms with Crippen molar-refractivity contribution < 1.29 is 9.90 Å². The highest BCUT2D eigenvalue weighted by Gasteiger charge is 2.33. The first kappa shape index (κ1) is 15.8. The van der Waals surface area contributed by atoms with Crippen LogP contribution in [0.4, 0.5) is 0 Å². The van der Waals surface area contributed by atoms with Gasteiger partial charge >= 0.3 is 0 Å². The molecule has 0 spiro atoms. The van der Waals surface area contributed by atoms with Gasteiger partial charge in [-0.1, -0.05) is 33.1 Å². The number of unbranched alkanes of at least 4 members (excludes halogenated alkanes) is 1. The molecule has 1 saturated carbocycles. The van der Waals surface area contributed by atoms with Crippen molar-refractivity contribution in [1.82, 2.24) is 4.90 Å². The van der Waals surface area contributed by atoms with E-state index in [0.29, 0.717) is 18.4 Å². The fraction of sp³-hybridized carbons (Fsp3) is 0.941. The second kappa shape index (κ2) is 7.44. The fourth-order valence-corrected chi connectivity index (χ4v) is 3.70. The van der Waals surface area contributed by atoms with Crippen LogP contribution in [0.15, 0.2) is 0 Å². The van der Waals surface area contributed by atoms with Gasteiger partial charge in [0.1, 0.15) is 0 Å². The van der Waals surface area contributed by atoms with E-state index in [4.69, 9.17) is 0 Å². The molecule has 3 nitrogen and oxygen atoms in total. The van der Waals surface area contributed by atoms with Gasteiger partial charge in [0.25, 0.3) is 0 Å². The van der Waals surface area contributed by atoms with Gasteiger partial charge in [-0.15, -0.1) is 0 Å². The Labute approximate surface area is 123 Å². The number of carbonyl (C=O) groups is 1. The van der Waals surface area contributed by atoms with E-state index in [1.807, 2.05) is 4.90 Å². The molecular formula is C17H31NO2. The topological polar surface area (TPSA) is 40.5 Å². The molecule has 2 aliphatic rings. The summed E-state index contributed by atoms with van der Waals surface area (Å²) in [5.41, 5.74) is 0. The molecule has 1 N–H and O–H groups in total. The zero-order valence-electron chi connectivity index (χ0n) is 13.2. The van der Waals surface area contributed by atoms with Gasteiger partial charge in [-0.05, 0) is 43.9 Å². The monoisotopic (exact) mass is 281 g/mol. The van der Waals surface area contributed by atoms with Crippen LogP contribution in [0, 0.1) is 17.8 Å². The maximum Gasteiger partial charge on any atom is 0.225 e. The molecule has 20 heavy (non-hydrogen) atoms. The number of amides is 1. The number of hydrogen-bond donors (Lipinski definition) is 1. The van der Waals surface area contributed by atoms with E-state index >= 15 is 0 Å². The second-order valence-corrected chi connectivity index (χ2v) is 6.98. The Morgan fingerprint density at radius 1 is 1.20 bits per heavy atom. The SMILES string of the molecule is CCCCC1CCC(C(=O)N2CCC(C)C(O)C2)CC1. The normalized spacial score (nSPS) is 35.0. The summed E-state index contributed by atoms with van der Waals surface area (Å²) in [6.07, 6.45) is 9.16. The number of aliphatic hydroxyl groups excluding tert-OH is 1. The number of piperidine rings is 1. The minimum atomic E-state index is -0.325. The number of carbonyl (C=O) groups excluding carboxylic acids is 1. The minimum absolute atomic E-state index is 0.230. The van der Waals surface area contributed by atoms with Crippen molar-refractivity contribution in [2.75, 3.05) is 13.1 Å². The van der Waals surface area contributed by atoms with Gasteiger partial charge in [0.15, 0.2) is 0 Å². The summed E-state index contributed by atoms with van der Waals surface area (Å²) in [5.74, 6) is 1.73. The molecule has 2 fully saturated rings. The molecule has 116 valence electrons. The van der Waals surface area contributed by atoms with E-state index in [1.54, 1.807) is 0 Å². The van der Waals surface area contributed by atoms with Crippen LogP contribution in [0.2, 0.25) is 0 Å². The van der Waals surface area contributed by atoms with Crippen LogP contribution in [-0.4, -0.2) is 35.1 Å². The van der Waals surface area contributed by atoms with Crippen LogP contribution in [0.3, 0.4) is 0 Å². The molecule has 0 aromatic heterocycles. The van der Waals surface area contributed by atoms with Crippen LogP contribution in [-0.2, 0) is 4.79 Å². The number of rotatable bonds is 4. The first-order valence-electron chi connectivity index (χ1n) is 8.58. The van der Waals surface area contributed by atoms with Crippen LogP contribution < -0.4 is 0 Å². The number of hydrogen-bond acceptors (Lipinski definition) is 2. The molecule has 1 amide bonds. The van der Waals surface area contributed by atoms with Gasteiger partial charge in [-0.25, -0.2) is 0 Å². The molecule has 0 aromatic carbocycles. The molecular weight excluding hydrogens is 250 g/mol. The number of β-amino-alcohol motifs (C(OH)–C–C–N with tert-alkyl or cyclic N) is 1. The highest BCUT2D eigenvalue weighted by Crippen LogP contribution is 2.33. The van der Waals surface area contributed by atoms with Gasteiger partial charge in [0.2, 0.25) is 5.91 Å². The van der Waals surface area contributed by atoms with E-state index in [0.717, 1.165) is 31.7 Å². The first-order valence-corrected chi connectivity index (χ1v) is 8.58. The van der Waals surface area contributed by atoms with Crippen molar-refractivity contribution in [1.29, 1.82) is 0 Å². The highest BCUT2D eigenvalue weighted by atomic mass is 16.3. The van der Waals surface area contributed by atoms with E-state index in [2.05, 4.69) is 13.8 Å². The lowest BCUT2D eigenvalue weighted by atomic mass is 9.79. The van der Waals surface area contributed by atoms with Crippen molar-refractivity contribution >= 4 is 5.91 Å². The third kappa shape index (κ3) is 3.97. The molecule has 1 aliphatic carbocycles. The molecule has 1 heterocycles. The van der Waals surface area contributed by atoms with E-state index < -0.39 is 0 Å². The number of aliphatic hydroxyl groups is 1. The van der Waals surface area contributed by atoms with Gasteiger partial charge in [-0.2, -0.15) is 0 Å². The summed E-state index contributed by atoms with van der Waals surface area (Å²) in [4.78, 5) is 14.5. The highest BCUT2D eigenvalue weighted by molar-refractivity contribution is 5.79. The van der Waals surface area contributed by atoms with Crippen LogP contribution >= 0.6 is 0 Å². The minimum Gasteiger partial charge on any atom is -0.391 e. The predicted octanol–water partition coefficient (Wildman–Crippen LogP) is 3.21. The Bertz CT molecular complexity index is 310. The predicted molar refractivity (Wildman–Crippen MR) is 81.3 cm³/mol. The molecule has 1 aliphatic heterocycles. The summed E-state index contributed by atoms with van der Waals surface area (Å²) in [5, 5.41) is 9.94. The maximum absolute atomic E-state index is 12.5. The summed E-state index contributed by atoms with van der Waals surface area (Å²) >= 11 is 0. The molecule has 3 heteroatoms. The third-order valence-electron chi connectivity index (χ3n) is 5.39. The van der Waals surface area contributed by atoms with E-state index in [-0.39, 0.29) is 12.0 Å². The summed E-state index contributed by atoms with van der Waals surface area (Å²) in [6, 6.07) is 0. The zero-order chi connectivity index (χ0) is 14.5. The molecule has 1 saturated heterocycles. The third-order valence-corrected chi connectivity index (χ3v) is 5.39. The van der Waals surface area contributed by atoms with Gasteiger partial charge in [-0.3, -0.25) is 4.79 Å². The Morgan fingerprint density at radius 3 is 2.50 bits per heavy atom. The van der Waals surface area contributed by atoms with E-state index in [9.17, 15) is 9.90 Å². The maximum atomic E-state index is 12.5. The zero-order valence-corrected chi connectivity index (χ0v) is 13.2. The Balaban J connectivity index is 1.77. The number of likely N-dealkylation sites (tertiary alicyclic amines) is 1. The molecule has 2 unspecified atom stereocenters. The molecule has 0 radical (unpaired) electrons. The molecule has 2 rings (SSSR count). The average molecular weight is 281 g/mol. The largest absolute Gasteiger partial charge is 0.391 e. The van der Waals surface area contributed by atoms with Crippen molar-refractivity contribution in [3.05, 3.63) is 0 Å². The lowest BCUT2D eigenvalue weighted by Crippen LogP contribution is -2.48. The van der Waals surface area contributed by atoms with Gasteiger partial charge in [0.05, 0.1) is 6.10 Å². The van der Waals surface area contributed by atoms with Gasteiger partial charge < -0.3 is 10.0 Å². The molecule has 0 aromatic rings. The lowest BCUT2D eigenvalue weighted by Gasteiger charge is -2.37. The van der Waals surface area contributed by atoms with Gasteiger partial charge in [0, 0.05) is 19.0 Å². The summed E-state index contributed by atoms with van der Waals surface area (Å²) in [7, 11) is 0. The number of nitrogens with zero attached hydrogens (tertiary/aromatic N) is 1. The Kier molecular flexibility index (Phi) is 5.88. The summed E-state index contributed by atoms with van der Waals surface area (Å²) < 4.78 is 0. The fourth-order valence-electron chi connectivity index (χ4n) is 3.70. The molecule has 0 bridgehead atoms. The average Bonchev–Trinajstić information content (AvgIpc) is 2.48. The Morgan fingerprint density at radius 2 is 1.90 bits per heavy atom. The molecule has 2 atom stereocenters. The standard InChI is InChI=1S/C17H31NO2/c1-3-4-5-14-6-8-15(9-7-14)17(20)18-11-10-13(2)16(19)12-18/h13-16,19H,3-12H2,1-2H3. The van der Waals surface area contributed by atoms with Crippen molar-refractivity contribution in [2.45, 2.75) is 71.3 Å². The van der Waals surface area contributed by atoms with Crippen LogP contribution in [0.5, 0.6) is 0 Å². The van der Waals surface area contributed by atoms with Crippen LogP contribution in [0.25, 0.3) is 0 Å². The van der Waals surface area contributed by atoms with Crippen molar-refractivity contribution in [3.8, 4) is 0 Å². The van der Waals surface area contributed by atoms with Crippen molar-refractivity contribution in [2.24, 2.45) is 17.8 Å². The second-order valence-electron chi connectivity index (χ2n) is 6.98. The van der Waals surface area contributed by atoms with Crippen LogP contribution in [0.1, 0.15) is 65.2 Å². The van der Waals surface area contributed by atoms with E-state index in [1.165, 1.54) is 32.1 Å². The summed E-state index contributed by atoms with van der Waals surface area (Å²) in [6.45, 7) is 5.71. The van der Waals surface area contributed by atoms with Crippen molar-refractivity contribution in [3.63, 3.8) is 0 Å².